The Morgan fingerprint density at radius 3 is 2.84 bits per heavy atom. The van der Waals surface area contributed by atoms with Gasteiger partial charge in [0.2, 0.25) is 12.7 Å². The molecule has 0 aliphatic carbocycles. The summed E-state index contributed by atoms with van der Waals surface area (Å²) in [4.78, 5) is 38.4. The van der Waals surface area contributed by atoms with Gasteiger partial charge in [0, 0.05) is 19.2 Å². The van der Waals surface area contributed by atoms with Crippen molar-refractivity contribution in [2.24, 2.45) is 0 Å². The van der Waals surface area contributed by atoms with E-state index in [0.29, 0.717) is 22.2 Å². The summed E-state index contributed by atoms with van der Waals surface area (Å²) in [6.45, 7) is 0.397. The van der Waals surface area contributed by atoms with Gasteiger partial charge < -0.3 is 19.5 Å². The number of nitrogens with zero attached hydrogens (tertiary/aromatic N) is 1. The van der Waals surface area contributed by atoms with Crippen LogP contribution >= 0.6 is 11.8 Å². The minimum Gasteiger partial charge on any atom is -0.497 e. The zero-order valence-electron chi connectivity index (χ0n) is 17.2. The van der Waals surface area contributed by atoms with E-state index in [2.05, 4.69) is 5.32 Å². The van der Waals surface area contributed by atoms with Crippen molar-refractivity contribution in [2.45, 2.75) is 0 Å². The Bertz CT molecular complexity index is 1130. The predicted octanol–water partition coefficient (Wildman–Crippen LogP) is 3.29. The van der Waals surface area contributed by atoms with Gasteiger partial charge in [-0.15, -0.1) is 0 Å². The maximum absolute atomic E-state index is 12.6. The summed E-state index contributed by atoms with van der Waals surface area (Å²) in [6, 6.07) is 12.6. The second-order valence-corrected chi connectivity index (χ2v) is 7.84. The van der Waals surface area contributed by atoms with Crippen LogP contribution in [0.3, 0.4) is 0 Å². The smallest absolute Gasteiger partial charge is 0.293 e. The van der Waals surface area contributed by atoms with E-state index < -0.39 is 0 Å². The van der Waals surface area contributed by atoms with Crippen LogP contribution in [0.1, 0.15) is 11.1 Å². The van der Waals surface area contributed by atoms with E-state index in [1.165, 1.54) is 6.08 Å². The first-order chi connectivity index (χ1) is 15.5. The van der Waals surface area contributed by atoms with Crippen molar-refractivity contribution in [3.8, 4) is 17.2 Å². The molecule has 164 valence electrons. The summed E-state index contributed by atoms with van der Waals surface area (Å²) in [5.74, 6) is 1.23. The second-order valence-electron chi connectivity index (χ2n) is 6.85. The highest BCUT2D eigenvalue weighted by atomic mass is 32.2. The Balaban J connectivity index is 1.31. The van der Waals surface area contributed by atoms with Gasteiger partial charge in [0.05, 0.1) is 12.0 Å². The lowest BCUT2D eigenvalue weighted by atomic mass is 10.2. The molecule has 0 aromatic heterocycles. The van der Waals surface area contributed by atoms with Crippen molar-refractivity contribution in [3.05, 3.63) is 64.6 Å². The molecule has 2 aliphatic rings. The van der Waals surface area contributed by atoms with Crippen LogP contribution in [0.4, 0.5) is 4.79 Å². The van der Waals surface area contributed by atoms with Crippen LogP contribution in [-0.2, 0) is 9.59 Å². The molecule has 2 aliphatic heterocycles. The van der Waals surface area contributed by atoms with Gasteiger partial charge in [-0.25, -0.2) is 0 Å². The zero-order chi connectivity index (χ0) is 22.5. The Kier molecular flexibility index (Phi) is 6.46. The molecule has 2 heterocycles. The first kappa shape index (κ1) is 21.5. The summed E-state index contributed by atoms with van der Waals surface area (Å²) in [6.07, 6.45) is 4.69. The number of nitrogens with one attached hydrogen (secondary N) is 1. The zero-order valence-corrected chi connectivity index (χ0v) is 18.0. The fourth-order valence-corrected chi connectivity index (χ4v) is 3.98. The number of hydrogen-bond donors (Lipinski definition) is 1. The van der Waals surface area contributed by atoms with Crippen molar-refractivity contribution < 1.29 is 28.6 Å². The van der Waals surface area contributed by atoms with Crippen molar-refractivity contribution in [2.75, 3.05) is 27.0 Å². The maximum atomic E-state index is 12.6. The molecule has 1 saturated heterocycles. The van der Waals surface area contributed by atoms with Gasteiger partial charge in [-0.3, -0.25) is 19.3 Å². The van der Waals surface area contributed by atoms with Gasteiger partial charge in [0.25, 0.3) is 11.1 Å². The molecule has 0 unspecified atom stereocenters. The maximum Gasteiger partial charge on any atom is 0.293 e. The van der Waals surface area contributed by atoms with Crippen LogP contribution in [0, 0.1) is 0 Å². The molecule has 0 radical (unpaired) electrons. The first-order valence-electron chi connectivity index (χ1n) is 9.78. The lowest BCUT2D eigenvalue weighted by Crippen LogP contribution is -2.36. The second kappa shape index (κ2) is 9.61. The number of benzene rings is 2. The summed E-state index contributed by atoms with van der Waals surface area (Å²) >= 11 is 0.868. The fraction of sp³-hybridized carbons (Fsp3) is 0.174. The number of carbonyl (C=O) groups is 3. The van der Waals surface area contributed by atoms with Gasteiger partial charge in [0.15, 0.2) is 11.5 Å². The van der Waals surface area contributed by atoms with Crippen LogP contribution in [0.15, 0.2) is 53.4 Å². The third kappa shape index (κ3) is 4.94. The Morgan fingerprint density at radius 1 is 1.16 bits per heavy atom. The van der Waals surface area contributed by atoms with Crippen molar-refractivity contribution in [1.29, 1.82) is 0 Å². The van der Waals surface area contributed by atoms with Gasteiger partial charge in [-0.2, -0.15) is 0 Å². The first-order valence-corrected chi connectivity index (χ1v) is 10.6. The van der Waals surface area contributed by atoms with E-state index in [-0.39, 0.29) is 36.9 Å². The minimum atomic E-state index is -0.390. The molecule has 1 N–H and O–H groups in total. The van der Waals surface area contributed by atoms with Crippen molar-refractivity contribution >= 4 is 41.0 Å². The van der Waals surface area contributed by atoms with Gasteiger partial charge >= 0.3 is 0 Å². The molecular weight excluding hydrogens is 432 g/mol. The lowest BCUT2D eigenvalue weighted by Gasteiger charge is -2.12. The molecule has 32 heavy (non-hydrogen) atoms. The van der Waals surface area contributed by atoms with Crippen LogP contribution in [0.2, 0.25) is 0 Å². The third-order valence-electron chi connectivity index (χ3n) is 4.72. The molecule has 1 fully saturated rings. The van der Waals surface area contributed by atoms with E-state index in [4.69, 9.17) is 14.2 Å². The van der Waals surface area contributed by atoms with Crippen molar-refractivity contribution in [3.63, 3.8) is 0 Å². The van der Waals surface area contributed by atoms with Gasteiger partial charge in [-0.05, 0) is 59.3 Å². The molecule has 0 atom stereocenters. The van der Waals surface area contributed by atoms with Crippen molar-refractivity contribution in [1.82, 2.24) is 10.2 Å². The van der Waals surface area contributed by atoms with E-state index >= 15 is 0 Å². The van der Waals surface area contributed by atoms with Crippen LogP contribution in [-0.4, -0.2) is 48.9 Å². The van der Waals surface area contributed by atoms with E-state index in [1.807, 2.05) is 18.2 Å². The Morgan fingerprint density at radius 2 is 2.00 bits per heavy atom. The molecule has 0 bridgehead atoms. The predicted molar refractivity (Wildman–Crippen MR) is 120 cm³/mol. The topological polar surface area (TPSA) is 94.2 Å². The number of methoxy groups -OCH3 is 1. The Labute approximate surface area is 188 Å². The van der Waals surface area contributed by atoms with Gasteiger partial charge in [-0.1, -0.05) is 18.2 Å². The highest BCUT2D eigenvalue weighted by molar-refractivity contribution is 8.18. The molecule has 8 nitrogen and oxygen atoms in total. The average molecular weight is 452 g/mol. The number of carbonyl (C=O) groups excluding carboxylic acids is 3. The van der Waals surface area contributed by atoms with E-state index in [9.17, 15) is 14.4 Å². The number of rotatable bonds is 7. The summed E-state index contributed by atoms with van der Waals surface area (Å²) < 4.78 is 15.8. The third-order valence-corrected chi connectivity index (χ3v) is 5.63. The summed E-state index contributed by atoms with van der Waals surface area (Å²) in [7, 11) is 1.57. The molecule has 9 heteroatoms. The Hall–Kier alpha value is -3.72. The highest BCUT2D eigenvalue weighted by Gasteiger charge is 2.34. The number of fused-ring (bicyclic) bond motifs is 1. The van der Waals surface area contributed by atoms with Crippen LogP contribution < -0.4 is 19.5 Å². The number of imide groups is 1. The molecule has 2 aromatic rings. The average Bonchev–Trinajstić information content (AvgIpc) is 3.37. The SMILES string of the molecule is COc1cccc(/C=C/C(=O)NCCN2C(=O)S/C(=C\c3ccc4c(c3)OCO4)C2=O)c1. The van der Waals surface area contributed by atoms with Crippen LogP contribution in [0.25, 0.3) is 12.2 Å². The summed E-state index contributed by atoms with van der Waals surface area (Å²) in [5.41, 5.74) is 1.55. The molecule has 0 saturated carbocycles. The van der Waals surface area contributed by atoms with E-state index in [1.54, 1.807) is 43.5 Å². The number of thioether (sulfide) groups is 1. The largest absolute Gasteiger partial charge is 0.497 e. The highest BCUT2D eigenvalue weighted by Crippen LogP contribution is 2.36. The van der Waals surface area contributed by atoms with Crippen LogP contribution in [0.5, 0.6) is 17.2 Å². The molecule has 3 amide bonds. The molecule has 2 aromatic carbocycles. The minimum absolute atomic E-state index is 0.0852. The fourth-order valence-electron chi connectivity index (χ4n) is 3.11. The number of amides is 3. The molecule has 4 rings (SSSR count). The summed E-state index contributed by atoms with van der Waals surface area (Å²) in [5, 5.41) is 2.31. The standard InChI is InChI=1S/C23H20N2O6S/c1-29-17-4-2-3-15(11-17)6-8-21(26)24-9-10-25-22(27)20(32-23(25)28)13-16-5-7-18-19(12-16)31-14-30-18/h2-8,11-13H,9-10,14H2,1H3,(H,24,26)/b8-6+,20-13-. The monoisotopic (exact) mass is 452 g/mol. The molecular formula is C23H20N2O6S. The number of hydrogen-bond acceptors (Lipinski definition) is 7. The van der Waals surface area contributed by atoms with E-state index in [0.717, 1.165) is 27.8 Å². The molecule has 0 spiro atoms. The normalized spacial score (nSPS) is 16.3. The quantitative estimate of drug-likeness (QED) is 0.644. The van der Waals surface area contributed by atoms with Gasteiger partial charge in [0.1, 0.15) is 5.75 Å². The number of ether oxygens (including phenoxy) is 3. The lowest BCUT2D eigenvalue weighted by molar-refractivity contribution is -0.123.